The summed E-state index contributed by atoms with van der Waals surface area (Å²) in [6.45, 7) is 1.74. The van der Waals surface area contributed by atoms with Crippen LogP contribution in [0.25, 0.3) is 0 Å². The summed E-state index contributed by atoms with van der Waals surface area (Å²) in [5.74, 6) is -1.33. The van der Waals surface area contributed by atoms with Crippen LogP contribution in [0.2, 0.25) is 0 Å². The summed E-state index contributed by atoms with van der Waals surface area (Å²) in [5, 5.41) is 0. The van der Waals surface area contributed by atoms with Gasteiger partial charge in [0.15, 0.2) is 0 Å². The molecule has 0 spiro atoms. The Bertz CT molecular complexity index is 881. The van der Waals surface area contributed by atoms with Gasteiger partial charge >= 0.3 is 0 Å². The Kier molecular flexibility index (Phi) is 3.95. The summed E-state index contributed by atoms with van der Waals surface area (Å²) < 4.78 is 0. The number of carbonyl (C=O) groups excluding carboxylic acids is 3. The van der Waals surface area contributed by atoms with E-state index in [1.807, 2.05) is 0 Å². The molecule has 2 aromatic rings. The number of hydrogen-bond donors (Lipinski definition) is 1. The largest absolute Gasteiger partial charge is 0.371 e. The highest BCUT2D eigenvalue weighted by atomic mass is 16.2. The van der Waals surface area contributed by atoms with Crippen molar-refractivity contribution >= 4 is 29.1 Å². The fourth-order valence-corrected chi connectivity index (χ4v) is 3.69. The van der Waals surface area contributed by atoms with E-state index in [4.69, 9.17) is 5.73 Å². The maximum Gasteiger partial charge on any atom is 0.266 e. The first kappa shape index (κ1) is 16.3. The van der Waals surface area contributed by atoms with Gasteiger partial charge in [-0.2, -0.15) is 0 Å². The van der Waals surface area contributed by atoms with Crippen molar-refractivity contribution in [2.24, 2.45) is 5.73 Å². The average Bonchev–Trinajstić information content (AvgIpc) is 2.93. The van der Waals surface area contributed by atoms with Gasteiger partial charge in [0, 0.05) is 18.8 Å². The summed E-state index contributed by atoms with van der Waals surface area (Å²) in [7, 11) is 0. The van der Waals surface area contributed by atoms with Crippen LogP contribution in [0.4, 0.5) is 11.4 Å². The third-order valence-corrected chi connectivity index (χ3v) is 4.99. The summed E-state index contributed by atoms with van der Waals surface area (Å²) in [5.41, 5.74) is 7.80. The number of anilines is 2. The molecule has 26 heavy (non-hydrogen) atoms. The highest BCUT2D eigenvalue weighted by Gasteiger charge is 2.36. The zero-order valence-corrected chi connectivity index (χ0v) is 14.3. The fraction of sp³-hybridized carbons (Fsp3) is 0.250. The molecule has 1 fully saturated rings. The average molecular weight is 349 g/mol. The van der Waals surface area contributed by atoms with Crippen molar-refractivity contribution in [2.75, 3.05) is 22.9 Å². The molecule has 2 aliphatic heterocycles. The van der Waals surface area contributed by atoms with Gasteiger partial charge in [0.25, 0.3) is 17.7 Å². The van der Waals surface area contributed by atoms with E-state index in [-0.39, 0.29) is 11.8 Å². The van der Waals surface area contributed by atoms with E-state index in [1.54, 1.807) is 42.5 Å². The number of benzene rings is 2. The molecular weight excluding hydrogens is 330 g/mol. The van der Waals surface area contributed by atoms with Crippen molar-refractivity contribution < 1.29 is 14.4 Å². The number of imide groups is 1. The Balaban J connectivity index is 1.74. The Labute approximate surface area is 151 Å². The van der Waals surface area contributed by atoms with Gasteiger partial charge in [0.2, 0.25) is 0 Å². The minimum atomic E-state index is -0.566. The Morgan fingerprint density at radius 3 is 2.08 bits per heavy atom. The molecule has 0 aliphatic carbocycles. The van der Waals surface area contributed by atoms with Crippen LogP contribution in [0.3, 0.4) is 0 Å². The first-order valence-corrected chi connectivity index (χ1v) is 8.74. The van der Waals surface area contributed by atoms with Crippen molar-refractivity contribution in [2.45, 2.75) is 19.3 Å². The van der Waals surface area contributed by atoms with Gasteiger partial charge < -0.3 is 10.6 Å². The van der Waals surface area contributed by atoms with Gasteiger partial charge in [0.05, 0.1) is 22.4 Å². The topological polar surface area (TPSA) is 83.7 Å². The van der Waals surface area contributed by atoms with Gasteiger partial charge in [0.1, 0.15) is 0 Å². The zero-order valence-electron chi connectivity index (χ0n) is 14.3. The summed E-state index contributed by atoms with van der Waals surface area (Å²) in [4.78, 5) is 40.6. The van der Waals surface area contributed by atoms with Crippen LogP contribution in [-0.4, -0.2) is 30.8 Å². The van der Waals surface area contributed by atoms with E-state index in [9.17, 15) is 14.4 Å². The molecule has 0 radical (unpaired) electrons. The second kappa shape index (κ2) is 6.29. The Morgan fingerprint density at radius 2 is 1.50 bits per heavy atom. The molecule has 0 saturated carbocycles. The highest BCUT2D eigenvalue weighted by molar-refractivity contribution is 6.34. The smallest absolute Gasteiger partial charge is 0.266 e. The molecule has 2 N–H and O–H groups in total. The van der Waals surface area contributed by atoms with Crippen molar-refractivity contribution in [3.05, 3.63) is 59.2 Å². The standard InChI is InChI=1S/C20H19N3O3/c21-18(24)16-12-13(8-9-17(16)22-10-4-1-5-11-22)23-19(25)14-6-2-3-7-15(14)20(23)26/h2-3,6-9,12H,1,4-5,10-11H2,(H2,21,24). The molecule has 6 heteroatoms. The molecule has 0 atom stereocenters. The molecule has 132 valence electrons. The lowest BCUT2D eigenvalue weighted by atomic mass is 10.1. The van der Waals surface area contributed by atoms with E-state index in [0.717, 1.165) is 36.5 Å². The molecule has 1 saturated heterocycles. The van der Waals surface area contributed by atoms with E-state index in [1.165, 1.54) is 6.42 Å². The number of rotatable bonds is 3. The number of carbonyl (C=O) groups is 3. The summed E-state index contributed by atoms with van der Waals surface area (Å²) in [6, 6.07) is 11.7. The number of nitrogens with two attached hydrogens (primary N) is 1. The summed E-state index contributed by atoms with van der Waals surface area (Å²) >= 11 is 0. The lowest BCUT2D eigenvalue weighted by Gasteiger charge is -2.30. The van der Waals surface area contributed by atoms with E-state index >= 15 is 0 Å². The van der Waals surface area contributed by atoms with Crippen LogP contribution in [0.15, 0.2) is 42.5 Å². The lowest BCUT2D eigenvalue weighted by Crippen LogP contribution is -2.33. The van der Waals surface area contributed by atoms with Gasteiger partial charge in [-0.25, -0.2) is 4.90 Å². The third kappa shape index (κ3) is 2.54. The minimum absolute atomic E-state index is 0.334. The fourth-order valence-electron chi connectivity index (χ4n) is 3.69. The second-order valence-electron chi connectivity index (χ2n) is 6.60. The normalized spacial score (nSPS) is 16.8. The van der Waals surface area contributed by atoms with Gasteiger partial charge in [-0.15, -0.1) is 0 Å². The zero-order chi connectivity index (χ0) is 18.3. The van der Waals surface area contributed by atoms with Crippen LogP contribution in [0.5, 0.6) is 0 Å². The SMILES string of the molecule is NC(=O)c1cc(N2C(=O)c3ccccc3C2=O)ccc1N1CCCCC1. The first-order valence-electron chi connectivity index (χ1n) is 8.74. The number of piperidine rings is 1. The lowest BCUT2D eigenvalue weighted by molar-refractivity contribution is 0.0923. The quantitative estimate of drug-likeness (QED) is 0.863. The van der Waals surface area contributed by atoms with E-state index in [2.05, 4.69) is 4.90 Å². The number of hydrogen-bond acceptors (Lipinski definition) is 4. The molecular formula is C20H19N3O3. The van der Waals surface area contributed by atoms with Crippen LogP contribution in [0, 0.1) is 0 Å². The van der Waals surface area contributed by atoms with Crippen LogP contribution >= 0.6 is 0 Å². The monoisotopic (exact) mass is 349 g/mol. The maximum absolute atomic E-state index is 12.7. The third-order valence-electron chi connectivity index (χ3n) is 4.99. The second-order valence-corrected chi connectivity index (χ2v) is 6.60. The first-order chi connectivity index (χ1) is 12.6. The van der Waals surface area contributed by atoms with Crippen molar-refractivity contribution in [3.63, 3.8) is 0 Å². The molecule has 2 aliphatic rings. The summed E-state index contributed by atoms with van der Waals surface area (Å²) in [6.07, 6.45) is 3.31. The number of primary amides is 1. The van der Waals surface area contributed by atoms with Crippen LogP contribution in [0.1, 0.15) is 50.3 Å². The highest BCUT2D eigenvalue weighted by Crippen LogP contribution is 2.32. The van der Waals surface area contributed by atoms with Crippen molar-refractivity contribution in [1.82, 2.24) is 0 Å². The van der Waals surface area contributed by atoms with E-state index in [0.29, 0.717) is 22.4 Å². The predicted molar refractivity (Wildman–Crippen MR) is 98.6 cm³/mol. The number of fused-ring (bicyclic) bond motifs is 1. The minimum Gasteiger partial charge on any atom is -0.371 e. The Morgan fingerprint density at radius 1 is 0.885 bits per heavy atom. The van der Waals surface area contributed by atoms with Crippen molar-refractivity contribution in [1.29, 1.82) is 0 Å². The van der Waals surface area contributed by atoms with E-state index < -0.39 is 5.91 Å². The van der Waals surface area contributed by atoms with Gasteiger partial charge in [-0.1, -0.05) is 12.1 Å². The predicted octanol–water partition coefficient (Wildman–Crippen LogP) is 2.58. The Hall–Kier alpha value is -3.15. The molecule has 0 unspecified atom stereocenters. The molecule has 0 aromatic heterocycles. The maximum atomic E-state index is 12.7. The van der Waals surface area contributed by atoms with Crippen LogP contribution < -0.4 is 15.5 Å². The van der Waals surface area contributed by atoms with Crippen LogP contribution in [-0.2, 0) is 0 Å². The number of nitrogens with zero attached hydrogens (tertiary/aromatic N) is 2. The van der Waals surface area contributed by atoms with Gasteiger partial charge in [-0.05, 0) is 49.6 Å². The molecule has 2 heterocycles. The molecule has 4 rings (SSSR count). The van der Waals surface area contributed by atoms with Crippen molar-refractivity contribution in [3.8, 4) is 0 Å². The van der Waals surface area contributed by atoms with Gasteiger partial charge in [-0.3, -0.25) is 14.4 Å². The molecule has 6 nitrogen and oxygen atoms in total. The molecule has 0 bridgehead atoms. The molecule has 3 amide bonds. The molecule has 2 aromatic carbocycles. The number of amides is 3.